The number of anilines is 1. The van der Waals surface area contributed by atoms with Gasteiger partial charge in [-0.05, 0) is 41.8 Å². The summed E-state index contributed by atoms with van der Waals surface area (Å²) in [5, 5.41) is 12.3. The van der Waals surface area contributed by atoms with Crippen LogP contribution in [0.2, 0.25) is 0 Å². The van der Waals surface area contributed by atoms with Crippen molar-refractivity contribution in [2.45, 2.75) is 25.9 Å². The third-order valence-electron chi connectivity index (χ3n) is 4.15. The van der Waals surface area contributed by atoms with Crippen LogP contribution in [0.3, 0.4) is 0 Å². The second-order valence-electron chi connectivity index (χ2n) is 5.92. The molecule has 1 fully saturated rings. The lowest BCUT2D eigenvalue weighted by molar-refractivity contribution is -0.117. The number of rotatable bonds is 6. The average Bonchev–Trinajstić information content (AvgIpc) is 3.02. The Morgan fingerprint density at radius 1 is 1.08 bits per heavy atom. The molecule has 0 unspecified atom stereocenters. The molecule has 1 aliphatic heterocycles. The summed E-state index contributed by atoms with van der Waals surface area (Å²) < 4.78 is 0. The van der Waals surface area contributed by atoms with Crippen molar-refractivity contribution in [3.05, 3.63) is 65.2 Å². The third kappa shape index (κ3) is 3.81. The standard InChI is InChI=1S/C19H20N2O3/c22-18-5-2-10-21(18)17-8-6-14(7-9-17)12-20-13-15-3-1-4-16(11-15)19(23)24/h1,3-4,6-9,11,20H,2,5,10,12-13H2,(H,23,24). The van der Waals surface area contributed by atoms with Gasteiger partial charge in [-0.15, -0.1) is 0 Å². The molecule has 0 saturated carbocycles. The minimum absolute atomic E-state index is 0.194. The van der Waals surface area contributed by atoms with Gasteiger partial charge >= 0.3 is 5.97 Å². The summed E-state index contributed by atoms with van der Waals surface area (Å²) in [7, 11) is 0. The molecule has 5 heteroatoms. The van der Waals surface area contributed by atoms with Gasteiger partial charge in [-0.3, -0.25) is 4.79 Å². The topological polar surface area (TPSA) is 69.6 Å². The fourth-order valence-electron chi connectivity index (χ4n) is 2.88. The van der Waals surface area contributed by atoms with Crippen molar-refractivity contribution >= 4 is 17.6 Å². The summed E-state index contributed by atoms with van der Waals surface area (Å²) in [6.45, 7) is 2.09. The highest BCUT2D eigenvalue weighted by molar-refractivity contribution is 5.95. The molecule has 0 atom stereocenters. The number of hydrogen-bond acceptors (Lipinski definition) is 3. The Kier molecular flexibility index (Phi) is 4.91. The molecule has 24 heavy (non-hydrogen) atoms. The van der Waals surface area contributed by atoms with Crippen LogP contribution in [0.25, 0.3) is 0 Å². The van der Waals surface area contributed by atoms with Gasteiger partial charge in [0.15, 0.2) is 0 Å². The Balaban J connectivity index is 1.54. The van der Waals surface area contributed by atoms with Crippen LogP contribution >= 0.6 is 0 Å². The smallest absolute Gasteiger partial charge is 0.335 e. The Hall–Kier alpha value is -2.66. The van der Waals surface area contributed by atoms with Crippen LogP contribution in [0, 0.1) is 0 Å². The van der Waals surface area contributed by atoms with E-state index < -0.39 is 5.97 Å². The van der Waals surface area contributed by atoms with Crippen molar-refractivity contribution in [1.29, 1.82) is 0 Å². The normalized spacial score (nSPS) is 14.2. The van der Waals surface area contributed by atoms with Gasteiger partial charge in [0.05, 0.1) is 5.56 Å². The Morgan fingerprint density at radius 2 is 1.83 bits per heavy atom. The van der Waals surface area contributed by atoms with Gasteiger partial charge < -0.3 is 15.3 Å². The van der Waals surface area contributed by atoms with E-state index in [1.54, 1.807) is 18.2 Å². The predicted molar refractivity (Wildman–Crippen MR) is 92.0 cm³/mol. The summed E-state index contributed by atoms with van der Waals surface area (Å²) in [5.41, 5.74) is 3.32. The maximum atomic E-state index is 11.7. The highest BCUT2D eigenvalue weighted by atomic mass is 16.4. The first-order valence-corrected chi connectivity index (χ1v) is 8.06. The van der Waals surface area contributed by atoms with Crippen LogP contribution in [0.5, 0.6) is 0 Å². The lowest BCUT2D eigenvalue weighted by Crippen LogP contribution is -2.23. The maximum Gasteiger partial charge on any atom is 0.335 e. The number of aromatic carboxylic acids is 1. The summed E-state index contributed by atoms with van der Waals surface area (Å²) in [6, 6.07) is 14.9. The van der Waals surface area contributed by atoms with E-state index in [1.165, 1.54) is 0 Å². The van der Waals surface area contributed by atoms with Gasteiger partial charge in [-0.2, -0.15) is 0 Å². The molecule has 2 aromatic rings. The number of nitrogens with zero attached hydrogens (tertiary/aromatic N) is 1. The Bertz CT molecular complexity index is 741. The van der Waals surface area contributed by atoms with E-state index in [0.29, 0.717) is 25.1 Å². The second kappa shape index (κ2) is 7.27. The molecule has 3 rings (SSSR count). The third-order valence-corrected chi connectivity index (χ3v) is 4.15. The van der Waals surface area contributed by atoms with Gasteiger partial charge in [0.2, 0.25) is 5.91 Å². The first kappa shape index (κ1) is 16.2. The minimum Gasteiger partial charge on any atom is -0.478 e. The number of carboxylic acids is 1. The predicted octanol–water partition coefficient (Wildman–Crippen LogP) is 2.80. The maximum absolute atomic E-state index is 11.7. The second-order valence-corrected chi connectivity index (χ2v) is 5.92. The van der Waals surface area contributed by atoms with Crippen LogP contribution in [0.15, 0.2) is 48.5 Å². The fourth-order valence-corrected chi connectivity index (χ4v) is 2.88. The molecule has 0 radical (unpaired) electrons. The largest absolute Gasteiger partial charge is 0.478 e. The van der Waals surface area contributed by atoms with Crippen molar-refractivity contribution in [2.75, 3.05) is 11.4 Å². The summed E-state index contributed by atoms with van der Waals surface area (Å²) in [4.78, 5) is 24.5. The molecule has 2 N–H and O–H groups in total. The van der Waals surface area contributed by atoms with Crippen LogP contribution in [0.1, 0.15) is 34.3 Å². The molecule has 2 aromatic carbocycles. The van der Waals surface area contributed by atoms with E-state index in [1.807, 2.05) is 35.2 Å². The van der Waals surface area contributed by atoms with E-state index in [-0.39, 0.29) is 5.91 Å². The Labute approximate surface area is 140 Å². The molecule has 0 aromatic heterocycles. The van der Waals surface area contributed by atoms with Crippen molar-refractivity contribution in [3.63, 3.8) is 0 Å². The van der Waals surface area contributed by atoms with E-state index in [2.05, 4.69) is 5.32 Å². The van der Waals surface area contributed by atoms with Crippen LogP contribution < -0.4 is 10.2 Å². The molecule has 0 bridgehead atoms. The highest BCUT2D eigenvalue weighted by Gasteiger charge is 2.21. The summed E-state index contributed by atoms with van der Waals surface area (Å²) in [5.74, 6) is -0.719. The summed E-state index contributed by atoms with van der Waals surface area (Å²) in [6.07, 6.45) is 1.57. The van der Waals surface area contributed by atoms with E-state index in [4.69, 9.17) is 5.11 Å². The summed E-state index contributed by atoms with van der Waals surface area (Å²) >= 11 is 0. The van der Waals surface area contributed by atoms with E-state index >= 15 is 0 Å². The molecule has 0 spiro atoms. The zero-order valence-electron chi connectivity index (χ0n) is 13.4. The zero-order valence-corrected chi connectivity index (χ0v) is 13.4. The van der Waals surface area contributed by atoms with Gasteiger partial charge in [-0.25, -0.2) is 4.79 Å². The number of carboxylic acid groups (broad SMARTS) is 1. The molecule has 124 valence electrons. The molecule has 1 aliphatic rings. The fraction of sp³-hybridized carbons (Fsp3) is 0.263. The molecule has 0 aliphatic carbocycles. The highest BCUT2D eigenvalue weighted by Crippen LogP contribution is 2.21. The van der Waals surface area contributed by atoms with Crippen molar-refractivity contribution in [3.8, 4) is 0 Å². The van der Waals surface area contributed by atoms with Gasteiger partial charge in [0.25, 0.3) is 0 Å². The first-order chi connectivity index (χ1) is 11.6. The Morgan fingerprint density at radius 3 is 2.50 bits per heavy atom. The van der Waals surface area contributed by atoms with Crippen molar-refractivity contribution in [1.82, 2.24) is 5.32 Å². The zero-order chi connectivity index (χ0) is 16.9. The first-order valence-electron chi connectivity index (χ1n) is 8.06. The van der Waals surface area contributed by atoms with Crippen LogP contribution in [-0.4, -0.2) is 23.5 Å². The lowest BCUT2D eigenvalue weighted by atomic mass is 10.1. The number of nitrogens with one attached hydrogen (secondary N) is 1. The minimum atomic E-state index is -0.913. The molecular formula is C19H20N2O3. The number of carbonyl (C=O) groups excluding carboxylic acids is 1. The molecular weight excluding hydrogens is 304 g/mol. The number of benzene rings is 2. The molecule has 1 saturated heterocycles. The van der Waals surface area contributed by atoms with Gasteiger partial charge in [-0.1, -0.05) is 24.3 Å². The molecule has 1 heterocycles. The van der Waals surface area contributed by atoms with Crippen molar-refractivity contribution in [2.24, 2.45) is 0 Å². The molecule has 1 amide bonds. The van der Waals surface area contributed by atoms with E-state index in [0.717, 1.165) is 29.8 Å². The van der Waals surface area contributed by atoms with Gasteiger partial charge in [0, 0.05) is 31.7 Å². The lowest BCUT2D eigenvalue weighted by Gasteiger charge is -2.16. The van der Waals surface area contributed by atoms with E-state index in [9.17, 15) is 9.59 Å². The number of hydrogen-bond donors (Lipinski definition) is 2. The van der Waals surface area contributed by atoms with Gasteiger partial charge in [0.1, 0.15) is 0 Å². The van der Waals surface area contributed by atoms with Crippen LogP contribution in [0.4, 0.5) is 5.69 Å². The van der Waals surface area contributed by atoms with Crippen LogP contribution in [-0.2, 0) is 17.9 Å². The number of amides is 1. The quantitative estimate of drug-likeness (QED) is 0.857. The monoisotopic (exact) mass is 324 g/mol. The average molecular weight is 324 g/mol. The SMILES string of the molecule is O=C(O)c1cccc(CNCc2ccc(N3CCCC3=O)cc2)c1. The van der Waals surface area contributed by atoms with Crippen molar-refractivity contribution < 1.29 is 14.7 Å². The molecule has 5 nitrogen and oxygen atoms in total. The number of carbonyl (C=O) groups is 2.